The second kappa shape index (κ2) is 18.7. The molecule has 5 nitrogen and oxygen atoms in total. The number of hydrogen-bond donors (Lipinski definition) is 2. The minimum atomic E-state index is -0.0112. The monoisotopic (exact) mass is 374 g/mol. The predicted molar refractivity (Wildman–Crippen MR) is 112 cm³/mol. The van der Waals surface area contributed by atoms with Crippen LogP contribution in [0.4, 0.5) is 0 Å². The second-order valence-corrected chi connectivity index (χ2v) is 7.15. The molecule has 0 aliphatic rings. The summed E-state index contributed by atoms with van der Waals surface area (Å²) in [6.07, 6.45) is 12.9. The van der Waals surface area contributed by atoms with E-state index < -0.39 is 0 Å². The maximum absolute atomic E-state index is 11.8. The average molecular weight is 375 g/mol. The van der Waals surface area contributed by atoms with Crippen LogP contribution in [0, 0.1) is 5.92 Å². The van der Waals surface area contributed by atoms with Crippen molar-refractivity contribution >= 4 is 11.8 Å². The van der Waals surface area contributed by atoms with Gasteiger partial charge in [0.05, 0.1) is 0 Å². The molecule has 26 heavy (non-hydrogen) atoms. The third-order valence-electron chi connectivity index (χ3n) is 4.58. The van der Waals surface area contributed by atoms with E-state index in [4.69, 9.17) is 4.74 Å². The molecular formula is C21H46N2O3. The van der Waals surface area contributed by atoms with Crippen LogP contribution in [0.25, 0.3) is 0 Å². The van der Waals surface area contributed by atoms with Crippen molar-refractivity contribution in [3.63, 3.8) is 0 Å². The number of carbonyl (C=O) groups is 2. The molecule has 0 bridgehead atoms. The third kappa shape index (κ3) is 16.4. The lowest BCUT2D eigenvalue weighted by Crippen LogP contribution is -2.29. The van der Waals surface area contributed by atoms with Gasteiger partial charge in [-0.2, -0.15) is 0 Å². The van der Waals surface area contributed by atoms with Gasteiger partial charge in [0.15, 0.2) is 0 Å². The number of ether oxygens (including phenoxy) is 1. The molecule has 0 aromatic carbocycles. The summed E-state index contributed by atoms with van der Waals surface area (Å²) in [5.41, 5.74) is 0. The van der Waals surface area contributed by atoms with E-state index in [2.05, 4.69) is 17.6 Å². The normalized spacial score (nSPS) is 12.0. The van der Waals surface area contributed by atoms with E-state index in [1.165, 1.54) is 44.9 Å². The lowest BCUT2D eigenvalue weighted by Gasteiger charge is -2.10. The van der Waals surface area contributed by atoms with Gasteiger partial charge in [-0.3, -0.25) is 9.59 Å². The van der Waals surface area contributed by atoms with Crippen LogP contribution in [0.3, 0.4) is 0 Å². The molecule has 1 unspecified atom stereocenters. The molecule has 0 rings (SSSR count). The van der Waals surface area contributed by atoms with Gasteiger partial charge in [-0.25, -0.2) is 0 Å². The molecule has 0 aliphatic heterocycles. The van der Waals surface area contributed by atoms with E-state index in [1.807, 2.05) is 13.8 Å². The molecule has 0 saturated carbocycles. The van der Waals surface area contributed by atoms with E-state index >= 15 is 0 Å². The van der Waals surface area contributed by atoms with Crippen molar-refractivity contribution in [2.75, 3.05) is 26.3 Å². The SMILES string of the molecule is CCCC(C)C(=O)NCCCCCCCCCCCNC(=O)COCC.[HH].[HH]. The van der Waals surface area contributed by atoms with Gasteiger partial charge in [-0.1, -0.05) is 65.2 Å². The van der Waals surface area contributed by atoms with Gasteiger partial charge >= 0.3 is 0 Å². The van der Waals surface area contributed by atoms with Crippen LogP contribution in [0.2, 0.25) is 0 Å². The summed E-state index contributed by atoms with van der Waals surface area (Å²) in [4.78, 5) is 23.1. The van der Waals surface area contributed by atoms with Crippen molar-refractivity contribution < 1.29 is 17.2 Å². The Bertz CT molecular complexity index is 359. The summed E-state index contributed by atoms with van der Waals surface area (Å²) in [5.74, 6) is 0.349. The Balaban J connectivity index is -0.00000312. The number of unbranched alkanes of at least 4 members (excludes halogenated alkanes) is 8. The van der Waals surface area contributed by atoms with E-state index in [9.17, 15) is 9.59 Å². The molecule has 0 spiro atoms. The quantitative estimate of drug-likeness (QED) is 0.342. The largest absolute Gasteiger partial charge is 0.372 e. The Kier molecular flexibility index (Phi) is 17.9. The summed E-state index contributed by atoms with van der Waals surface area (Å²) >= 11 is 0. The summed E-state index contributed by atoms with van der Waals surface area (Å²) in [6, 6.07) is 0. The molecule has 0 aromatic rings. The van der Waals surface area contributed by atoms with Crippen molar-refractivity contribution in [3.8, 4) is 0 Å². The average Bonchev–Trinajstić information content (AvgIpc) is 2.63. The molecule has 158 valence electrons. The predicted octanol–water partition coefficient (Wildman–Crippen LogP) is 4.69. The first-order valence-electron chi connectivity index (χ1n) is 10.7. The van der Waals surface area contributed by atoms with Crippen LogP contribution in [-0.4, -0.2) is 38.1 Å². The Morgan fingerprint density at radius 1 is 0.846 bits per heavy atom. The second-order valence-electron chi connectivity index (χ2n) is 7.15. The fourth-order valence-corrected chi connectivity index (χ4v) is 2.91. The maximum atomic E-state index is 11.8. The van der Waals surface area contributed by atoms with Gasteiger partial charge in [0, 0.05) is 28.5 Å². The molecule has 0 radical (unpaired) electrons. The highest BCUT2D eigenvalue weighted by Crippen LogP contribution is 2.09. The highest BCUT2D eigenvalue weighted by molar-refractivity contribution is 5.78. The van der Waals surface area contributed by atoms with Gasteiger partial charge in [-0.15, -0.1) is 0 Å². The van der Waals surface area contributed by atoms with Gasteiger partial charge in [0.1, 0.15) is 6.61 Å². The van der Waals surface area contributed by atoms with Gasteiger partial charge < -0.3 is 15.4 Å². The fourth-order valence-electron chi connectivity index (χ4n) is 2.91. The van der Waals surface area contributed by atoms with Gasteiger partial charge in [-0.05, 0) is 26.2 Å². The number of rotatable bonds is 18. The first kappa shape index (κ1) is 24.9. The van der Waals surface area contributed by atoms with Crippen LogP contribution >= 0.6 is 0 Å². The van der Waals surface area contributed by atoms with Crippen LogP contribution in [0.15, 0.2) is 0 Å². The number of amides is 2. The zero-order valence-corrected chi connectivity index (χ0v) is 17.4. The van der Waals surface area contributed by atoms with E-state index in [0.717, 1.165) is 38.8 Å². The number of hydrogen-bond acceptors (Lipinski definition) is 3. The standard InChI is InChI=1S/C21H42N2O3.2H2/c1-4-15-19(3)21(25)23-17-14-12-10-8-6-7-9-11-13-16-22-20(24)18-26-5-2;;/h19H,4-18H2,1-3H3,(H,22,24)(H,23,25);2*1H. The van der Waals surface area contributed by atoms with Crippen molar-refractivity contribution in [2.24, 2.45) is 5.92 Å². The summed E-state index contributed by atoms with van der Waals surface area (Å²) in [7, 11) is 0. The molecule has 0 fully saturated rings. The molecular weight excluding hydrogens is 328 g/mol. The van der Waals surface area contributed by atoms with E-state index in [-0.39, 0.29) is 27.2 Å². The molecule has 0 heterocycles. The summed E-state index contributed by atoms with van der Waals surface area (Å²) in [5, 5.41) is 5.92. The van der Waals surface area contributed by atoms with E-state index in [0.29, 0.717) is 6.61 Å². The Morgan fingerprint density at radius 2 is 1.35 bits per heavy atom. The molecule has 0 aromatic heterocycles. The summed E-state index contributed by atoms with van der Waals surface area (Å²) in [6.45, 7) is 8.36. The number of carbonyl (C=O) groups excluding carboxylic acids is 2. The number of nitrogens with one attached hydrogen (secondary N) is 2. The Morgan fingerprint density at radius 3 is 1.85 bits per heavy atom. The molecule has 2 N–H and O–H groups in total. The highest BCUT2D eigenvalue weighted by atomic mass is 16.5. The van der Waals surface area contributed by atoms with Crippen molar-refractivity contribution in [2.45, 2.75) is 91.4 Å². The Labute approximate surface area is 164 Å². The first-order chi connectivity index (χ1) is 12.6. The zero-order chi connectivity index (χ0) is 19.5. The minimum absolute atomic E-state index is 0. The van der Waals surface area contributed by atoms with Gasteiger partial charge in [0.25, 0.3) is 0 Å². The lowest BCUT2D eigenvalue weighted by molar-refractivity contribution is -0.125. The van der Waals surface area contributed by atoms with Crippen LogP contribution in [0.5, 0.6) is 0 Å². The highest BCUT2D eigenvalue weighted by Gasteiger charge is 2.10. The zero-order valence-electron chi connectivity index (χ0n) is 17.4. The van der Waals surface area contributed by atoms with Crippen molar-refractivity contribution in [1.82, 2.24) is 10.6 Å². The molecule has 0 aliphatic carbocycles. The molecule has 2 amide bonds. The van der Waals surface area contributed by atoms with Crippen molar-refractivity contribution in [3.05, 3.63) is 0 Å². The lowest BCUT2D eigenvalue weighted by atomic mass is 10.1. The molecule has 5 heteroatoms. The summed E-state index contributed by atoms with van der Waals surface area (Å²) < 4.78 is 5.05. The van der Waals surface area contributed by atoms with E-state index in [1.54, 1.807) is 0 Å². The third-order valence-corrected chi connectivity index (χ3v) is 4.58. The van der Waals surface area contributed by atoms with Crippen LogP contribution in [-0.2, 0) is 14.3 Å². The molecule has 0 saturated heterocycles. The van der Waals surface area contributed by atoms with Crippen LogP contribution in [0.1, 0.15) is 94.3 Å². The minimum Gasteiger partial charge on any atom is -0.372 e. The first-order valence-corrected chi connectivity index (χ1v) is 10.7. The smallest absolute Gasteiger partial charge is 0.245 e. The fraction of sp³-hybridized carbons (Fsp3) is 0.905. The van der Waals surface area contributed by atoms with Crippen molar-refractivity contribution in [1.29, 1.82) is 0 Å². The Hall–Kier alpha value is -1.10. The maximum Gasteiger partial charge on any atom is 0.245 e. The molecule has 1 atom stereocenters. The van der Waals surface area contributed by atoms with Gasteiger partial charge in [0.2, 0.25) is 11.8 Å². The van der Waals surface area contributed by atoms with Crippen LogP contribution < -0.4 is 10.6 Å². The topological polar surface area (TPSA) is 67.4 Å².